The normalized spacial score (nSPS) is 35.2. The van der Waals surface area contributed by atoms with E-state index in [1.165, 1.54) is 17.8 Å². The topological polar surface area (TPSA) is 133 Å². The molecule has 5 atom stereocenters. The molecule has 4 heterocycles. The minimum absolute atomic E-state index is 0.0409. The third-order valence-electron chi connectivity index (χ3n) is 6.16. The zero-order valence-electron chi connectivity index (χ0n) is 18.8. The first-order chi connectivity index (χ1) is 15.7. The zero-order chi connectivity index (χ0) is 23.4. The Morgan fingerprint density at radius 1 is 1.30 bits per heavy atom. The van der Waals surface area contributed by atoms with Crippen molar-refractivity contribution in [1.29, 1.82) is 0 Å². The number of hydrogen-bond donors (Lipinski definition) is 1. The van der Waals surface area contributed by atoms with Gasteiger partial charge >= 0.3 is 7.82 Å². The Morgan fingerprint density at radius 2 is 2.06 bits per heavy atom. The van der Waals surface area contributed by atoms with Crippen LogP contribution in [0.5, 0.6) is 5.88 Å². The summed E-state index contributed by atoms with van der Waals surface area (Å²) in [7, 11) is -3.93. The number of alkyl halides is 1. The van der Waals surface area contributed by atoms with Crippen molar-refractivity contribution < 1.29 is 32.0 Å². The molecule has 2 aromatic rings. The SMILES string of the molecule is CC(C)Oc1nc(N)nc2c1ncn2[C@@H]1O[C@@H]2CO[P@](=O)(OC3CCCCC3)O[C@H]2[C@@]1(C)F. The number of rotatable bonds is 5. The van der Waals surface area contributed by atoms with Gasteiger partial charge in [-0.3, -0.25) is 18.1 Å². The zero-order valence-corrected chi connectivity index (χ0v) is 19.7. The Labute approximate surface area is 190 Å². The Balaban J connectivity index is 1.42. The fourth-order valence-corrected chi connectivity index (χ4v) is 6.33. The van der Waals surface area contributed by atoms with E-state index in [9.17, 15) is 4.57 Å². The van der Waals surface area contributed by atoms with Gasteiger partial charge in [0.2, 0.25) is 11.8 Å². The highest BCUT2D eigenvalue weighted by molar-refractivity contribution is 7.48. The van der Waals surface area contributed by atoms with Crippen molar-refractivity contribution in [3.05, 3.63) is 6.33 Å². The number of hydrogen-bond acceptors (Lipinski definition) is 10. The van der Waals surface area contributed by atoms with Crippen LogP contribution in [0.4, 0.5) is 10.3 Å². The van der Waals surface area contributed by atoms with E-state index in [1.54, 1.807) is 0 Å². The van der Waals surface area contributed by atoms with E-state index in [-0.39, 0.29) is 36.3 Å². The van der Waals surface area contributed by atoms with Crippen molar-refractivity contribution in [2.75, 3.05) is 12.3 Å². The van der Waals surface area contributed by atoms with E-state index in [2.05, 4.69) is 15.0 Å². The largest absolute Gasteiger partial charge is 0.475 e. The molecule has 0 radical (unpaired) electrons. The van der Waals surface area contributed by atoms with Crippen LogP contribution in [0.3, 0.4) is 0 Å². The number of nitrogens with two attached hydrogens (primary N) is 1. The number of phosphoric acid groups is 1. The molecule has 5 rings (SSSR count). The Hall–Kier alpha value is -1.85. The van der Waals surface area contributed by atoms with Gasteiger partial charge in [-0.15, -0.1) is 0 Å². The lowest BCUT2D eigenvalue weighted by Crippen LogP contribution is -2.45. The van der Waals surface area contributed by atoms with Crippen molar-refractivity contribution in [3.63, 3.8) is 0 Å². The summed E-state index contributed by atoms with van der Waals surface area (Å²) >= 11 is 0. The van der Waals surface area contributed by atoms with Crippen LogP contribution in [-0.4, -0.2) is 56.2 Å². The number of fused-ring (bicyclic) bond motifs is 2. The number of phosphoric ester groups is 1. The number of anilines is 1. The maximum absolute atomic E-state index is 16.2. The molecule has 182 valence electrons. The fourth-order valence-electron chi connectivity index (χ4n) is 4.64. The molecule has 11 nitrogen and oxygen atoms in total. The molecule has 2 aliphatic heterocycles. The van der Waals surface area contributed by atoms with Crippen LogP contribution in [0.1, 0.15) is 59.1 Å². The molecule has 0 unspecified atom stereocenters. The molecule has 3 aliphatic rings. The second-order valence-corrected chi connectivity index (χ2v) is 10.8. The quantitative estimate of drug-likeness (QED) is 0.625. The van der Waals surface area contributed by atoms with Gasteiger partial charge in [-0.2, -0.15) is 9.97 Å². The van der Waals surface area contributed by atoms with Crippen LogP contribution in [0, 0.1) is 0 Å². The Bertz CT molecular complexity index is 1070. The van der Waals surface area contributed by atoms with E-state index in [0.29, 0.717) is 5.52 Å². The van der Waals surface area contributed by atoms with Crippen molar-refractivity contribution in [3.8, 4) is 5.88 Å². The number of nitrogen functional groups attached to an aromatic ring is 1. The van der Waals surface area contributed by atoms with Crippen LogP contribution < -0.4 is 10.5 Å². The summed E-state index contributed by atoms with van der Waals surface area (Å²) in [5.74, 6) is 0.160. The second-order valence-electron chi connectivity index (χ2n) is 9.19. The molecule has 1 aliphatic carbocycles. The van der Waals surface area contributed by atoms with E-state index >= 15 is 4.39 Å². The fraction of sp³-hybridized carbons (Fsp3) is 0.750. The predicted octanol–water partition coefficient (Wildman–Crippen LogP) is 3.69. The molecule has 1 saturated carbocycles. The molecule has 33 heavy (non-hydrogen) atoms. The summed E-state index contributed by atoms with van der Waals surface area (Å²) < 4.78 is 59.2. The van der Waals surface area contributed by atoms with Crippen LogP contribution in [-0.2, 0) is 22.9 Å². The highest BCUT2D eigenvalue weighted by Gasteiger charge is 2.62. The lowest BCUT2D eigenvalue weighted by Gasteiger charge is -2.35. The first-order valence-electron chi connectivity index (χ1n) is 11.3. The first kappa shape index (κ1) is 22.9. The monoisotopic (exact) mass is 485 g/mol. The van der Waals surface area contributed by atoms with Crippen molar-refractivity contribution >= 4 is 24.9 Å². The van der Waals surface area contributed by atoms with Gasteiger partial charge in [0, 0.05) is 0 Å². The number of ether oxygens (including phenoxy) is 2. The van der Waals surface area contributed by atoms with Crippen LogP contribution in [0.25, 0.3) is 11.2 Å². The second kappa shape index (κ2) is 8.42. The lowest BCUT2D eigenvalue weighted by molar-refractivity contribution is -0.0763. The first-order valence-corrected chi connectivity index (χ1v) is 12.7. The van der Waals surface area contributed by atoms with Gasteiger partial charge in [0.05, 0.1) is 25.1 Å². The molecule has 0 bridgehead atoms. The maximum Gasteiger partial charge on any atom is 0.475 e. The molecular weight excluding hydrogens is 456 g/mol. The summed E-state index contributed by atoms with van der Waals surface area (Å²) in [4.78, 5) is 12.6. The molecule has 0 amide bonds. The van der Waals surface area contributed by atoms with Gasteiger partial charge in [-0.05, 0) is 33.6 Å². The van der Waals surface area contributed by atoms with Crippen molar-refractivity contribution in [2.24, 2.45) is 0 Å². The average Bonchev–Trinajstić information content (AvgIpc) is 3.26. The van der Waals surface area contributed by atoms with Gasteiger partial charge < -0.3 is 15.2 Å². The number of imidazole rings is 1. The Morgan fingerprint density at radius 3 is 2.79 bits per heavy atom. The van der Waals surface area contributed by atoms with Crippen molar-refractivity contribution in [2.45, 2.75) is 89.2 Å². The summed E-state index contributed by atoms with van der Waals surface area (Å²) in [5.41, 5.74) is 4.36. The van der Waals surface area contributed by atoms with Crippen LogP contribution in [0.15, 0.2) is 6.33 Å². The summed E-state index contributed by atoms with van der Waals surface area (Å²) in [5, 5.41) is 0. The minimum Gasteiger partial charge on any atom is -0.473 e. The molecule has 13 heteroatoms. The highest BCUT2D eigenvalue weighted by atomic mass is 31.2. The molecule has 2 aromatic heterocycles. The third-order valence-corrected chi connectivity index (χ3v) is 7.66. The van der Waals surface area contributed by atoms with Crippen molar-refractivity contribution in [1.82, 2.24) is 19.5 Å². The smallest absolute Gasteiger partial charge is 0.473 e. The number of halogens is 1. The van der Waals surface area contributed by atoms with Gasteiger partial charge in [-0.25, -0.2) is 13.9 Å². The van der Waals surface area contributed by atoms with E-state index in [1.807, 2.05) is 13.8 Å². The average molecular weight is 485 g/mol. The third kappa shape index (κ3) is 4.23. The molecule has 0 aromatic carbocycles. The summed E-state index contributed by atoms with van der Waals surface area (Å²) in [6.45, 7) is 4.90. The number of aromatic nitrogens is 4. The van der Waals surface area contributed by atoms with Gasteiger partial charge in [-0.1, -0.05) is 19.3 Å². The predicted molar refractivity (Wildman–Crippen MR) is 115 cm³/mol. The highest BCUT2D eigenvalue weighted by Crippen LogP contribution is 2.60. The Kier molecular flexibility index (Phi) is 5.85. The van der Waals surface area contributed by atoms with E-state index < -0.39 is 31.9 Å². The lowest BCUT2D eigenvalue weighted by atomic mass is 9.98. The number of nitrogens with zero attached hydrogens (tertiary/aromatic N) is 4. The standard InChI is InChI=1S/C20H29FN5O6P/c1-11(2)29-17-14-16(24-19(22)25-17)26(10-23-14)18-20(3,21)15-13(30-18)9-28-33(27,32-15)31-12-7-5-4-6-8-12/h10-13,15,18H,4-9H2,1-3H3,(H2,22,24,25)/t13-,15-,18-,20-,33-/m1/s1. The van der Waals surface area contributed by atoms with Crippen LogP contribution in [0.2, 0.25) is 0 Å². The summed E-state index contributed by atoms with van der Waals surface area (Å²) in [6.07, 6.45) is 2.53. The van der Waals surface area contributed by atoms with E-state index in [4.69, 9.17) is 28.8 Å². The summed E-state index contributed by atoms with van der Waals surface area (Å²) in [6, 6.07) is 0. The maximum atomic E-state index is 16.2. The molecule has 3 fully saturated rings. The van der Waals surface area contributed by atoms with Crippen LogP contribution >= 0.6 is 7.82 Å². The molecule has 2 N–H and O–H groups in total. The molecular formula is C20H29FN5O6P. The van der Waals surface area contributed by atoms with E-state index in [0.717, 1.165) is 32.1 Å². The van der Waals surface area contributed by atoms with Gasteiger partial charge in [0.1, 0.15) is 12.2 Å². The van der Waals surface area contributed by atoms with Gasteiger partial charge in [0.15, 0.2) is 23.1 Å². The molecule has 0 spiro atoms. The molecule has 2 saturated heterocycles. The van der Waals surface area contributed by atoms with Gasteiger partial charge in [0.25, 0.3) is 0 Å². The minimum atomic E-state index is -3.93.